The molecule has 0 spiro atoms. The Balaban J connectivity index is 2.07. The van der Waals surface area contributed by atoms with Crippen molar-refractivity contribution < 1.29 is 8.42 Å². The number of nitrogens with zero attached hydrogens (tertiary/aromatic N) is 1. The lowest BCUT2D eigenvalue weighted by Gasteiger charge is -2.32. The van der Waals surface area contributed by atoms with Gasteiger partial charge in [0.2, 0.25) is 0 Å². The molecule has 0 aromatic carbocycles. The van der Waals surface area contributed by atoms with Crippen molar-refractivity contribution in [3.63, 3.8) is 0 Å². The zero-order chi connectivity index (χ0) is 14.8. The van der Waals surface area contributed by atoms with Gasteiger partial charge in [-0.15, -0.1) is 22.9 Å². The van der Waals surface area contributed by atoms with Gasteiger partial charge in [0.15, 0.2) is 0 Å². The Kier molecular flexibility index (Phi) is 5.51. The lowest BCUT2D eigenvalue weighted by molar-refractivity contribution is 0.227. The molecule has 0 radical (unpaired) electrons. The van der Waals surface area contributed by atoms with Crippen LogP contribution in [0.5, 0.6) is 0 Å². The maximum Gasteiger partial charge on any atom is 0.252 e. The zero-order valence-corrected chi connectivity index (χ0v) is 14.4. The lowest BCUT2D eigenvalue weighted by Crippen LogP contribution is -2.39. The number of aryl methyl sites for hydroxylation is 1. The van der Waals surface area contributed by atoms with Crippen LogP contribution in [0.2, 0.25) is 0 Å². The van der Waals surface area contributed by atoms with E-state index in [9.17, 15) is 8.42 Å². The van der Waals surface area contributed by atoms with Crippen LogP contribution in [0.25, 0.3) is 0 Å². The van der Waals surface area contributed by atoms with E-state index < -0.39 is 10.0 Å². The SMILES string of the molecule is CC(C)C1CCN(S(=O)(=O)c2ccc(CCCl)s2)CC1. The summed E-state index contributed by atoms with van der Waals surface area (Å²) in [5, 5.41) is 0. The van der Waals surface area contributed by atoms with Gasteiger partial charge in [0.25, 0.3) is 10.0 Å². The van der Waals surface area contributed by atoms with E-state index in [-0.39, 0.29) is 0 Å². The fourth-order valence-corrected chi connectivity index (χ4v) is 5.93. The fraction of sp³-hybridized carbons (Fsp3) is 0.714. The normalized spacial score (nSPS) is 18.8. The fourth-order valence-electron chi connectivity index (χ4n) is 2.63. The molecule has 0 amide bonds. The summed E-state index contributed by atoms with van der Waals surface area (Å²) in [6.45, 7) is 5.72. The molecule has 1 aromatic heterocycles. The summed E-state index contributed by atoms with van der Waals surface area (Å²) in [6, 6.07) is 3.59. The molecule has 2 heterocycles. The first-order chi connectivity index (χ1) is 9.45. The molecule has 0 saturated carbocycles. The summed E-state index contributed by atoms with van der Waals surface area (Å²) in [5.41, 5.74) is 0. The number of halogens is 1. The molecule has 0 N–H and O–H groups in total. The highest BCUT2D eigenvalue weighted by atomic mass is 35.5. The van der Waals surface area contributed by atoms with Crippen molar-refractivity contribution in [3.05, 3.63) is 17.0 Å². The summed E-state index contributed by atoms with van der Waals surface area (Å²) in [5.74, 6) is 1.81. The van der Waals surface area contributed by atoms with Crippen LogP contribution in [-0.2, 0) is 16.4 Å². The molecule has 20 heavy (non-hydrogen) atoms. The molecule has 114 valence electrons. The first-order valence-corrected chi connectivity index (χ1v) is 9.89. The van der Waals surface area contributed by atoms with E-state index in [0.29, 0.717) is 35.0 Å². The second-order valence-corrected chi connectivity index (χ2v) is 9.36. The molecule has 1 aromatic rings. The number of hydrogen-bond acceptors (Lipinski definition) is 3. The molecule has 1 fully saturated rings. The minimum absolute atomic E-state index is 0.459. The minimum atomic E-state index is -3.30. The summed E-state index contributed by atoms with van der Waals surface area (Å²) in [7, 11) is -3.30. The van der Waals surface area contributed by atoms with Gasteiger partial charge < -0.3 is 0 Å². The van der Waals surface area contributed by atoms with Gasteiger partial charge in [-0.25, -0.2) is 8.42 Å². The molecule has 1 aliphatic heterocycles. The molecule has 1 aliphatic rings. The van der Waals surface area contributed by atoms with Crippen LogP contribution in [0.3, 0.4) is 0 Å². The molecule has 0 unspecified atom stereocenters. The van der Waals surface area contributed by atoms with Crippen molar-refractivity contribution in [2.75, 3.05) is 19.0 Å². The van der Waals surface area contributed by atoms with E-state index in [4.69, 9.17) is 11.6 Å². The highest BCUT2D eigenvalue weighted by Gasteiger charge is 2.31. The lowest BCUT2D eigenvalue weighted by atomic mass is 9.87. The Bertz CT molecular complexity index is 531. The number of hydrogen-bond donors (Lipinski definition) is 0. The van der Waals surface area contributed by atoms with Crippen LogP contribution < -0.4 is 0 Å². The maximum atomic E-state index is 12.6. The standard InChI is InChI=1S/C14H22ClNO2S2/c1-11(2)12-6-9-16(10-7-12)20(17,18)14-4-3-13(19-14)5-8-15/h3-4,11-12H,5-10H2,1-2H3. The molecular weight excluding hydrogens is 314 g/mol. The Morgan fingerprint density at radius 3 is 2.55 bits per heavy atom. The van der Waals surface area contributed by atoms with Gasteiger partial charge in [-0.05, 0) is 43.2 Å². The average Bonchev–Trinajstić information content (AvgIpc) is 2.88. The minimum Gasteiger partial charge on any atom is -0.206 e. The van der Waals surface area contributed by atoms with Gasteiger partial charge in [0.05, 0.1) is 0 Å². The predicted molar refractivity (Wildman–Crippen MR) is 85.1 cm³/mol. The number of sulfonamides is 1. The number of alkyl halides is 1. The summed E-state index contributed by atoms with van der Waals surface area (Å²) in [4.78, 5) is 1.04. The van der Waals surface area contributed by atoms with Crippen molar-refractivity contribution >= 4 is 33.0 Å². The Hall–Kier alpha value is -0.100. The average molecular weight is 336 g/mol. The topological polar surface area (TPSA) is 37.4 Å². The Morgan fingerprint density at radius 1 is 1.35 bits per heavy atom. The highest BCUT2D eigenvalue weighted by Crippen LogP contribution is 2.30. The summed E-state index contributed by atoms with van der Waals surface area (Å²) in [6.07, 6.45) is 2.67. The van der Waals surface area contributed by atoms with Crippen LogP contribution in [0, 0.1) is 11.8 Å². The van der Waals surface area contributed by atoms with Gasteiger partial charge >= 0.3 is 0 Å². The van der Waals surface area contributed by atoms with Gasteiger partial charge in [-0.2, -0.15) is 4.31 Å². The molecule has 0 aliphatic carbocycles. The summed E-state index contributed by atoms with van der Waals surface area (Å²) < 4.78 is 27.3. The van der Waals surface area contributed by atoms with Gasteiger partial charge in [0, 0.05) is 23.8 Å². The second-order valence-electron chi connectivity index (χ2n) is 5.65. The van der Waals surface area contributed by atoms with Crippen LogP contribution in [0.4, 0.5) is 0 Å². The molecule has 1 saturated heterocycles. The van der Waals surface area contributed by atoms with Crippen molar-refractivity contribution in [1.29, 1.82) is 0 Å². The van der Waals surface area contributed by atoms with Crippen molar-refractivity contribution in [3.8, 4) is 0 Å². The first-order valence-electron chi connectivity index (χ1n) is 7.10. The quantitative estimate of drug-likeness (QED) is 0.771. The van der Waals surface area contributed by atoms with Gasteiger partial charge in [-0.3, -0.25) is 0 Å². The van der Waals surface area contributed by atoms with E-state index in [2.05, 4.69) is 13.8 Å². The molecular formula is C14H22ClNO2S2. The third-order valence-corrected chi connectivity index (χ3v) is 7.71. The van der Waals surface area contributed by atoms with E-state index >= 15 is 0 Å². The molecule has 0 bridgehead atoms. The van der Waals surface area contributed by atoms with Crippen molar-refractivity contribution in [2.45, 2.75) is 37.3 Å². The van der Waals surface area contributed by atoms with Crippen LogP contribution in [0.1, 0.15) is 31.6 Å². The van der Waals surface area contributed by atoms with E-state index in [1.165, 1.54) is 11.3 Å². The molecule has 2 rings (SSSR count). The predicted octanol–water partition coefficient (Wildman–Crippen LogP) is 3.59. The number of rotatable bonds is 5. The first kappa shape index (κ1) is 16.3. The van der Waals surface area contributed by atoms with Gasteiger partial charge in [-0.1, -0.05) is 13.8 Å². The maximum absolute atomic E-state index is 12.6. The number of piperidine rings is 1. The third-order valence-electron chi connectivity index (χ3n) is 4.01. The van der Waals surface area contributed by atoms with E-state index in [1.54, 1.807) is 10.4 Å². The van der Waals surface area contributed by atoms with Crippen LogP contribution in [-0.4, -0.2) is 31.7 Å². The largest absolute Gasteiger partial charge is 0.252 e. The van der Waals surface area contributed by atoms with Crippen LogP contribution >= 0.6 is 22.9 Å². The third kappa shape index (κ3) is 3.56. The molecule has 3 nitrogen and oxygen atoms in total. The van der Waals surface area contributed by atoms with Crippen molar-refractivity contribution in [2.24, 2.45) is 11.8 Å². The molecule has 0 atom stereocenters. The second kappa shape index (κ2) is 6.77. The Morgan fingerprint density at radius 2 is 2.00 bits per heavy atom. The van der Waals surface area contributed by atoms with E-state index in [0.717, 1.165) is 24.1 Å². The smallest absolute Gasteiger partial charge is 0.206 e. The highest BCUT2D eigenvalue weighted by molar-refractivity contribution is 7.91. The zero-order valence-electron chi connectivity index (χ0n) is 12.0. The Labute approximate surface area is 131 Å². The van der Waals surface area contributed by atoms with Gasteiger partial charge in [0.1, 0.15) is 4.21 Å². The van der Waals surface area contributed by atoms with Crippen LogP contribution in [0.15, 0.2) is 16.3 Å². The van der Waals surface area contributed by atoms with Crippen molar-refractivity contribution in [1.82, 2.24) is 4.31 Å². The van der Waals surface area contributed by atoms with E-state index in [1.807, 2.05) is 6.07 Å². The number of thiophene rings is 1. The summed E-state index contributed by atoms with van der Waals surface area (Å²) >= 11 is 7.05. The molecule has 6 heteroatoms. The monoisotopic (exact) mass is 335 g/mol.